The van der Waals surface area contributed by atoms with Gasteiger partial charge in [0.1, 0.15) is 11.5 Å². The van der Waals surface area contributed by atoms with Crippen LogP contribution in [0.3, 0.4) is 0 Å². The van der Waals surface area contributed by atoms with Gasteiger partial charge in [-0.2, -0.15) is 0 Å². The minimum absolute atomic E-state index is 0.105. The van der Waals surface area contributed by atoms with Crippen LogP contribution in [0.25, 0.3) is 16.9 Å². The summed E-state index contributed by atoms with van der Waals surface area (Å²) in [5.74, 6) is 0.740. The molecule has 3 aromatic carbocycles. The molecule has 6 heteroatoms. The number of carbonyl (C=O) groups is 1. The van der Waals surface area contributed by atoms with Crippen molar-refractivity contribution in [2.45, 2.75) is 13.5 Å². The average Bonchev–Trinajstić information content (AvgIpc) is 3.22. The maximum absolute atomic E-state index is 12.5. The summed E-state index contributed by atoms with van der Waals surface area (Å²) in [6.07, 6.45) is 5.36. The predicted octanol–water partition coefficient (Wildman–Crippen LogP) is 5.38. The number of hydrogen-bond acceptors (Lipinski definition) is 4. The van der Waals surface area contributed by atoms with E-state index < -0.39 is 0 Å². The highest BCUT2D eigenvalue weighted by molar-refractivity contribution is 5.94. The molecule has 0 saturated heterocycles. The summed E-state index contributed by atoms with van der Waals surface area (Å²) in [6.45, 7) is 2.56. The Kier molecular flexibility index (Phi) is 5.55. The Morgan fingerprint density at radius 1 is 0.939 bits per heavy atom. The zero-order valence-electron chi connectivity index (χ0n) is 18.2. The van der Waals surface area contributed by atoms with Crippen molar-refractivity contribution in [1.29, 1.82) is 0 Å². The van der Waals surface area contributed by atoms with Crippen LogP contribution in [0.15, 0.2) is 97.5 Å². The van der Waals surface area contributed by atoms with Crippen LogP contribution in [0.5, 0.6) is 0 Å². The van der Waals surface area contributed by atoms with E-state index in [0.29, 0.717) is 12.1 Å². The van der Waals surface area contributed by atoms with Gasteiger partial charge in [-0.15, -0.1) is 0 Å². The molecule has 2 N–H and O–H groups in total. The van der Waals surface area contributed by atoms with Gasteiger partial charge in [0.25, 0.3) is 5.91 Å². The first kappa shape index (κ1) is 20.5. The van der Waals surface area contributed by atoms with Crippen molar-refractivity contribution in [3.8, 4) is 11.3 Å². The van der Waals surface area contributed by atoms with E-state index in [2.05, 4.69) is 46.8 Å². The molecule has 1 amide bonds. The third kappa shape index (κ3) is 4.45. The molecule has 0 bridgehead atoms. The van der Waals surface area contributed by atoms with Crippen LogP contribution in [0.4, 0.5) is 11.5 Å². The van der Waals surface area contributed by atoms with Gasteiger partial charge < -0.3 is 10.6 Å². The number of fused-ring (bicyclic) bond motifs is 1. The fraction of sp³-hybridized carbons (Fsp3) is 0.0741. The molecule has 0 fully saturated rings. The molecule has 2 heterocycles. The van der Waals surface area contributed by atoms with Crippen molar-refractivity contribution in [1.82, 2.24) is 19.7 Å². The lowest BCUT2D eigenvalue weighted by atomic mass is 10.1. The Labute approximate surface area is 192 Å². The molecule has 0 unspecified atom stereocenters. The van der Waals surface area contributed by atoms with Crippen LogP contribution in [0.2, 0.25) is 0 Å². The number of aromatic nitrogens is 3. The number of benzene rings is 3. The fourth-order valence-electron chi connectivity index (χ4n) is 3.66. The van der Waals surface area contributed by atoms with E-state index in [-0.39, 0.29) is 5.91 Å². The quantitative estimate of drug-likeness (QED) is 0.377. The summed E-state index contributed by atoms with van der Waals surface area (Å²) in [4.78, 5) is 21.5. The van der Waals surface area contributed by atoms with Crippen LogP contribution in [-0.2, 0) is 6.54 Å². The highest BCUT2D eigenvalue weighted by Gasteiger charge is 2.15. The second kappa shape index (κ2) is 8.96. The molecule has 2 aromatic heterocycles. The van der Waals surface area contributed by atoms with E-state index in [9.17, 15) is 4.79 Å². The van der Waals surface area contributed by atoms with E-state index in [1.807, 2.05) is 65.2 Å². The molecule has 5 aromatic rings. The SMILES string of the molecule is Cc1ccc(-c2nc3cnccn3c2Nc2ccc(C(=O)NCc3ccccc3)cc2)cc1. The number of rotatable bonds is 6. The van der Waals surface area contributed by atoms with Crippen molar-refractivity contribution in [2.75, 3.05) is 5.32 Å². The lowest BCUT2D eigenvalue weighted by molar-refractivity contribution is 0.0951. The largest absolute Gasteiger partial charge is 0.348 e. The third-order valence-corrected chi connectivity index (χ3v) is 5.46. The Hall–Kier alpha value is -4.45. The minimum atomic E-state index is -0.105. The topological polar surface area (TPSA) is 71.3 Å². The highest BCUT2D eigenvalue weighted by atomic mass is 16.1. The minimum Gasteiger partial charge on any atom is -0.348 e. The molecule has 5 rings (SSSR count). The van der Waals surface area contributed by atoms with Gasteiger partial charge in [-0.05, 0) is 36.8 Å². The van der Waals surface area contributed by atoms with Gasteiger partial charge in [0, 0.05) is 35.8 Å². The van der Waals surface area contributed by atoms with E-state index in [1.54, 1.807) is 12.4 Å². The first-order chi connectivity index (χ1) is 16.2. The van der Waals surface area contributed by atoms with Crippen LogP contribution in [-0.4, -0.2) is 20.3 Å². The molecule has 0 spiro atoms. The lowest BCUT2D eigenvalue weighted by Gasteiger charge is -2.10. The molecule has 6 nitrogen and oxygen atoms in total. The van der Waals surface area contributed by atoms with Crippen LogP contribution in [0, 0.1) is 6.92 Å². The number of hydrogen-bond donors (Lipinski definition) is 2. The second-order valence-electron chi connectivity index (χ2n) is 7.85. The summed E-state index contributed by atoms with van der Waals surface area (Å²) >= 11 is 0. The van der Waals surface area contributed by atoms with Gasteiger partial charge >= 0.3 is 0 Å². The Morgan fingerprint density at radius 3 is 2.45 bits per heavy atom. The molecule has 162 valence electrons. The van der Waals surface area contributed by atoms with Gasteiger partial charge in [0.05, 0.1) is 6.20 Å². The van der Waals surface area contributed by atoms with Crippen LogP contribution < -0.4 is 10.6 Å². The Balaban J connectivity index is 1.38. The van der Waals surface area contributed by atoms with Gasteiger partial charge in [-0.3, -0.25) is 14.2 Å². The highest BCUT2D eigenvalue weighted by Crippen LogP contribution is 2.31. The lowest BCUT2D eigenvalue weighted by Crippen LogP contribution is -2.22. The summed E-state index contributed by atoms with van der Waals surface area (Å²) in [5.41, 5.74) is 6.35. The summed E-state index contributed by atoms with van der Waals surface area (Å²) in [7, 11) is 0. The van der Waals surface area contributed by atoms with Gasteiger partial charge in [-0.25, -0.2) is 4.98 Å². The zero-order chi connectivity index (χ0) is 22.6. The van der Waals surface area contributed by atoms with E-state index >= 15 is 0 Å². The second-order valence-corrected chi connectivity index (χ2v) is 7.85. The van der Waals surface area contributed by atoms with Crippen LogP contribution in [0.1, 0.15) is 21.5 Å². The summed E-state index contributed by atoms with van der Waals surface area (Å²) in [5, 5.41) is 6.43. The number of imidazole rings is 1. The summed E-state index contributed by atoms with van der Waals surface area (Å²) < 4.78 is 1.97. The monoisotopic (exact) mass is 433 g/mol. The standard InChI is InChI=1S/C27H23N5O/c1-19-7-9-21(10-8-19)25-26(32-16-15-28-18-24(32)31-25)30-23-13-11-22(12-14-23)27(33)29-17-20-5-3-2-4-6-20/h2-16,18,30H,17H2,1H3,(H,29,33). The molecular formula is C27H23N5O. The van der Waals surface area contributed by atoms with Gasteiger partial charge in [-0.1, -0.05) is 60.2 Å². The average molecular weight is 434 g/mol. The molecule has 0 radical (unpaired) electrons. The van der Waals surface area contributed by atoms with Crippen molar-refractivity contribution in [3.63, 3.8) is 0 Å². The zero-order valence-corrected chi connectivity index (χ0v) is 18.2. The van der Waals surface area contributed by atoms with Crippen LogP contribution >= 0.6 is 0 Å². The molecule has 0 saturated carbocycles. The smallest absolute Gasteiger partial charge is 0.251 e. The molecule has 0 aliphatic heterocycles. The first-order valence-electron chi connectivity index (χ1n) is 10.8. The van der Waals surface area contributed by atoms with Crippen molar-refractivity contribution in [2.24, 2.45) is 0 Å². The van der Waals surface area contributed by atoms with Crippen molar-refractivity contribution >= 4 is 23.1 Å². The Bertz CT molecular complexity index is 1390. The van der Waals surface area contributed by atoms with E-state index in [4.69, 9.17) is 4.98 Å². The number of aryl methyl sites for hydroxylation is 1. The van der Waals surface area contributed by atoms with E-state index in [0.717, 1.165) is 34.0 Å². The van der Waals surface area contributed by atoms with Crippen molar-refractivity contribution < 1.29 is 4.79 Å². The molecule has 33 heavy (non-hydrogen) atoms. The number of nitrogens with zero attached hydrogens (tertiary/aromatic N) is 3. The predicted molar refractivity (Wildman–Crippen MR) is 130 cm³/mol. The van der Waals surface area contributed by atoms with E-state index in [1.165, 1.54) is 5.56 Å². The molecule has 0 aliphatic carbocycles. The molecule has 0 atom stereocenters. The number of carbonyl (C=O) groups excluding carboxylic acids is 1. The molecular weight excluding hydrogens is 410 g/mol. The maximum atomic E-state index is 12.5. The summed E-state index contributed by atoms with van der Waals surface area (Å²) in [6, 6.07) is 25.6. The number of nitrogens with one attached hydrogen (secondary N) is 2. The number of amides is 1. The van der Waals surface area contributed by atoms with Crippen molar-refractivity contribution in [3.05, 3.63) is 114 Å². The van der Waals surface area contributed by atoms with Gasteiger partial charge in [0.15, 0.2) is 5.65 Å². The normalized spacial score (nSPS) is 10.8. The Morgan fingerprint density at radius 2 is 1.70 bits per heavy atom. The third-order valence-electron chi connectivity index (χ3n) is 5.46. The first-order valence-corrected chi connectivity index (χ1v) is 10.8. The fourth-order valence-corrected chi connectivity index (χ4v) is 3.66. The maximum Gasteiger partial charge on any atom is 0.251 e. The molecule has 0 aliphatic rings. The number of anilines is 2. The van der Waals surface area contributed by atoms with Gasteiger partial charge in [0.2, 0.25) is 0 Å².